The molecule has 0 saturated carbocycles. The largest absolute Gasteiger partial charge is 0.401 e. The van der Waals surface area contributed by atoms with Crippen molar-refractivity contribution in [1.82, 2.24) is 9.88 Å². The molecule has 18 heavy (non-hydrogen) atoms. The van der Waals surface area contributed by atoms with Crippen LogP contribution in [0, 0.1) is 0 Å². The van der Waals surface area contributed by atoms with E-state index in [-0.39, 0.29) is 31.3 Å². The summed E-state index contributed by atoms with van der Waals surface area (Å²) >= 11 is 5.81. The Kier molecular flexibility index (Phi) is 5.84. The second-order valence-electron chi connectivity index (χ2n) is 3.86. The number of hydrogen-bond donors (Lipinski definition) is 1. The molecule has 1 aromatic heterocycles. The third kappa shape index (κ3) is 5.66. The van der Waals surface area contributed by atoms with E-state index >= 15 is 0 Å². The molecule has 1 aromatic rings. The van der Waals surface area contributed by atoms with E-state index in [2.05, 4.69) is 4.98 Å². The van der Waals surface area contributed by atoms with Gasteiger partial charge in [-0.1, -0.05) is 17.7 Å². The molecule has 3 nitrogen and oxygen atoms in total. The van der Waals surface area contributed by atoms with E-state index in [9.17, 15) is 13.2 Å². The van der Waals surface area contributed by atoms with Crippen LogP contribution in [0.4, 0.5) is 13.2 Å². The maximum Gasteiger partial charge on any atom is 0.401 e. The van der Waals surface area contributed by atoms with Crippen LogP contribution >= 0.6 is 11.6 Å². The summed E-state index contributed by atoms with van der Waals surface area (Å²) in [5.74, 6) is 0. The second-order valence-corrected chi connectivity index (χ2v) is 4.21. The molecule has 0 aliphatic rings. The topological polar surface area (TPSA) is 36.4 Å². The van der Waals surface area contributed by atoms with Gasteiger partial charge < -0.3 is 5.11 Å². The molecule has 1 rings (SSSR count). The van der Waals surface area contributed by atoms with E-state index in [1.807, 2.05) is 0 Å². The summed E-state index contributed by atoms with van der Waals surface area (Å²) in [6.07, 6.45) is -2.51. The first-order valence-corrected chi connectivity index (χ1v) is 5.79. The van der Waals surface area contributed by atoms with Crippen molar-refractivity contribution in [2.24, 2.45) is 0 Å². The lowest BCUT2D eigenvalue weighted by atomic mass is 10.2. The van der Waals surface area contributed by atoms with Gasteiger partial charge in [0.1, 0.15) is 5.15 Å². The van der Waals surface area contributed by atoms with Crippen LogP contribution in [0.3, 0.4) is 0 Å². The highest BCUT2D eigenvalue weighted by atomic mass is 35.5. The van der Waals surface area contributed by atoms with E-state index < -0.39 is 12.7 Å². The van der Waals surface area contributed by atoms with Crippen LogP contribution in [0.25, 0.3) is 0 Å². The monoisotopic (exact) mass is 282 g/mol. The number of alkyl halides is 3. The first-order chi connectivity index (χ1) is 8.42. The summed E-state index contributed by atoms with van der Waals surface area (Å²) in [5.41, 5.74) is 0.543. The molecule has 1 N–H and O–H groups in total. The number of aromatic nitrogens is 1. The molecular formula is C11H14ClF3N2O. The third-order valence-electron chi connectivity index (χ3n) is 2.27. The highest BCUT2D eigenvalue weighted by molar-refractivity contribution is 6.30. The first-order valence-electron chi connectivity index (χ1n) is 5.42. The molecule has 102 valence electrons. The molecule has 0 spiro atoms. The molecular weight excluding hydrogens is 269 g/mol. The van der Waals surface area contributed by atoms with Crippen molar-refractivity contribution in [2.75, 3.05) is 19.7 Å². The fraction of sp³-hybridized carbons (Fsp3) is 0.545. The van der Waals surface area contributed by atoms with E-state index in [1.165, 1.54) is 11.1 Å². The van der Waals surface area contributed by atoms with Gasteiger partial charge in [0.25, 0.3) is 0 Å². The van der Waals surface area contributed by atoms with E-state index in [4.69, 9.17) is 16.7 Å². The summed E-state index contributed by atoms with van der Waals surface area (Å²) in [6.45, 7) is -0.958. The van der Waals surface area contributed by atoms with Crippen LogP contribution in [-0.4, -0.2) is 40.9 Å². The predicted molar refractivity (Wildman–Crippen MR) is 62.3 cm³/mol. The summed E-state index contributed by atoms with van der Waals surface area (Å²) in [5, 5.41) is 8.89. The number of aliphatic hydroxyl groups excluding tert-OH is 1. The lowest BCUT2D eigenvalue weighted by Gasteiger charge is -2.23. The Morgan fingerprint density at radius 1 is 1.39 bits per heavy atom. The summed E-state index contributed by atoms with van der Waals surface area (Å²) in [7, 11) is 0. The van der Waals surface area contributed by atoms with Crippen molar-refractivity contribution in [3.63, 3.8) is 0 Å². The van der Waals surface area contributed by atoms with Crippen LogP contribution < -0.4 is 0 Å². The van der Waals surface area contributed by atoms with Gasteiger partial charge in [-0.25, -0.2) is 4.98 Å². The summed E-state index contributed by atoms with van der Waals surface area (Å²) < 4.78 is 37.2. The van der Waals surface area contributed by atoms with Gasteiger partial charge in [-0.3, -0.25) is 4.90 Å². The minimum atomic E-state index is -4.27. The van der Waals surface area contributed by atoms with Gasteiger partial charge in [-0.15, -0.1) is 0 Å². The quantitative estimate of drug-likeness (QED) is 0.815. The smallest absolute Gasteiger partial charge is 0.396 e. The van der Waals surface area contributed by atoms with Gasteiger partial charge in [0.2, 0.25) is 0 Å². The van der Waals surface area contributed by atoms with Gasteiger partial charge in [0, 0.05) is 31.5 Å². The molecule has 0 aromatic carbocycles. The van der Waals surface area contributed by atoms with Crippen molar-refractivity contribution < 1.29 is 18.3 Å². The van der Waals surface area contributed by atoms with Gasteiger partial charge in [0.15, 0.2) is 0 Å². The zero-order valence-electron chi connectivity index (χ0n) is 9.62. The molecule has 0 amide bonds. The minimum Gasteiger partial charge on any atom is -0.396 e. The third-order valence-corrected chi connectivity index (χ3v) is 2.61. The zero-order valence-corrected chi connectivity index (χ0v) is 10.4. The standard InChI is InChI=1S/C11H14ClF3N2O/c12-10-9(3-1-4-16-10)7-17(5-2-6-18)8-11(13,14)15/h1,3-4,18H,2,5-8H2. The fourth-order valence-electron chi connectivity index (χ4n) is 1.54. The maximum absolute atomic E-state index is 12.4. The minimum absolute atomic E-state index is 0.0617. The Morgan fingerprint density at radius 2 is 2.11 bits per heavy atom. The molecule has 0 fully saturated rings. The van der Waals surface area contributed by atoms with Crippen molar-refractivity contribution in [3.8, 4) is 0 Å². The number of aliphatic hydroxyl groups is 1. The summed E-state index contributed by atoms with van der Waals surface area (Å²) in [6, 6.07) is 3.26. The van der Waals surface area contributed by atoms with Crippen LogP contribution in [0.2, 0.25) is 5.15 Å². The molecule has 0 atom stereocenters. The van der Waals surface area contributed by atoms with E-state index in [1.54, 1.807) is 12.1 Å². The molecule has 0 bridgehead atoms. The SMILES string of the molecule is OCCCN(Cc1cccnc1Cl)CC(F)(F)F. The number of halogens is 4. The Hall–Kier alpha value is -0.850. The van der Waals surface area contributed by atoms with Crippen LogP contribution in [-0.2, 0) is 6.54 Å². The highest BCUT2D eigenvalue weighted by Gasteiger charge is 2.30. The number of nitrogens with zero attached hydrogens (tertiary/aromatic N) is 2. The molecule has 7 heteroatoms. The van der Waals surface area contributed by atoms with Crippen molar-refractivity contribution in [1.29, 1.82) is 0 Å². The Balaban J connectivity index is 2.69. The lowest BCUT2D eigenvalue weighted by molar-refractivity contribution is -0.147. The van der Waals surface area contributed by atoms with Crippen molar-refractivity contribution >= 4 is 11.6 Å². The zero-order chi connectivity index (χ0) is 13.6. The maximum atomic E-state index is 12.4. The second kappa shape index (κ2) is 6.92. The van der Waals surface area contributed by atoms with Crippen molar-refractivity contribution in [2.45, 2.75) is 19.1 Å². The van der Waals surface area contributed by atoms with Crippen molar-refractivity contribution in [3.05, 3.63) is 29.0 Å². The van der Waals surface area contributed by atoms with Crippen LogP contribution in [0.15, 0.2) is 18.3 Å². The van der Waals surface area contributed by atoms with Gasteiger partial charge in [-0.05, 0) is 12.5 Å². The molecule has 0 unspecified atom stereocenters. The van der Waals surface area contributed by atoms with Gasteiger partial charge in [0.05, 0.1) is 6.54 Å². The predicted octanol–water partition coefficient (Wildman–Crippen LogP) is 2.48. The highest BCUT2D eigenvalue weighted by Crippen LogP contribution is 2.20. The van der Waals surface area contributed by atoms with Crippen LogP contribution in [0.1, 0.15) is 12.0 Å². The number of pyridine rings is 1. The molecule has 0 saturated heterocycles. The molecule has 0 aliphatic carbocycles. The van der Waals surface area contributed by atoms with Gasteiger partial charge >= 0.3 is 6.18 Å². The number of rotatable bonds is 6. The van der Waals surface area contributed by atoms with Gasteiger partial charge in [-0.2, -0.15) is 13.2 Å². The molecule has 1 heterocycles. The van der Waals surface area contributed by atoms with E-state index in [0.717, 1.165) is 0 Å². The average Bonchev–Trinajstić information content (AvgIpc) is 2.27. The van der Waals surface area contributed by atoms with E-state index in [0.29, 0.717) is 5.56 Å². The first kappa shape index (κ1) is 15.2. The average molecular weight is 283 g/mol. The Morgan fingerprint density at radius 3 is 2.67 bits per heavy atom. The normalized spacial score (nSPS) is 12.1. The molecule has 0 aliphatic heterocycles. The Labute approximate surface area is 108 Å². The lowest BCUT2D eigenvalue weighted by Crippen LogP contribution is -2.35. The number of hydrogen-bond acceptors (Lipinski definition) is 3. The van der Waals surface area contributed by atoms with Crippen LogP contribution in [0.5, 0.6) is 0 Å². The Bertz CT molecular complexity index is 374. The summed E-state index contributed by atoms with van der Waals surface area (Å²) in [4.78, 5) is 5.01. The molecule has 0 radical (unpaired) electrons. The fourth-order valence-corrected chi connectivity index (χ4v) is 1.72.